The zero-order valence-electron chi connectivity index (χ0n) is 12.8. The number of nitrogens with one attached hydrogen (secondary N) is 1. The number of halogens is 1. The quantitative estimate of drug-likeness (QED) is 0.773. The number of carbonyl (C=O) groups excluding carboxylic acids is 1. The minimum Gasteiger partial charge on any atom is -0.320 e. The molecule has 1 aliphatic rings. The minimum atomic E-state index is -0.306. The number of hydrogen-bond donors (Lipinski definition) is 1. The number of rotatable bonds is 5. The van der Waals surface area contributed by atoms with Gasteiger partial charge in [-0.3, -0.25) is 9.48 Å². The van der Waals surface area contributed by atoms with E-state index in [4.69, 9.17) is 11.6 Å². The molecule has 1 saturated carbocycles. The molecule has 0 bridgehead atoms. The molecule has 1 amide bonds. The van der Waals surface area contributed by atoms with Gasteiger partial charge >= 0.3 is 0 Å². The zero-order chi connectivity index (χ0) is 16.5. The van der Waals surface area contributed by atoms with Crippen LogP contribution in [0.3, 0.4) is 0 Å². The Morgan fingerprint density at radius 2 is 2.25 bits per heavy atom. The van der Waals surface area contributed by atoms with Gasteiger partial charge in [0, 0.05) is 24.6 Å². The van der Waals surface area contributed by atoms with E-state index in [9.17, 15) is 4.79 Å². The van der Waals surface area contributed by atoms with Crippen LogP contribution in [-0.4, -0.2) is 30.7 Å². The summed E-state index contributed by atoms with van der Waals surface area (Å²) in [5.41, 5.74) is 1.63. The lowest BCUT2D eigenvalue weighted by molar-refractivity contribution is 0.102. The molecule has 1 aromatic carbocycles. The Kier molecular flexibility index (Phi) is 3.78. The molecular formula is C16H15ClN6O. The highest BCUT2D eigenvalue weighted by molar-refractivity contribution is 6.32. The van der Waals surface area contributed by atoms with E-state index < -0.39 is 0 Å². The SMILES string of the molecule is O=C(Nc1ccc(-n2cccn2)c(Cl)c1)c1cn(CC2CC2)nn1. The number of carbonyl (C=O) groups is 1. The summed E-state index contributed by atoms with van der Waals surface area (Å²) in [7, 11) is 0. The first kappa shape index (κ1) is 14.9. The van der Waals surface area contributed by atoms with Gasteiger partial charge in [-0.1, -0.05) is 16.8 Å². The Labute approximate surface area is 143 Å². The second kappa shape index (κ2) is 6.09. The molecule has 0 atom stereocenters. The second-order valence-electron chi connectivity index (χ2n) is 5.84. The molecule has 0 aliphatic heterocycles. The molecule has 7 nitrogen and oxygen atoms in total. The van der Waals surface area contributed by atoms with E-state index in [-0.39, 0.29) is 5.91 Å². The second-order valence-corrected chi connectivity index (χ2v) is 6.25. The molecule has 4 rings (SSSR count). The van der Waals surface area contributed by atoms with Crippen molar-refractivity contribution in [2.45, 2.75) is 19.4 Å². The van der Waals surface area contributed by atoms with E-state index in [1.54, 1.807) is 46.2 Å². The van der Waals surface area contributed by atoms with Crippen molar-refractivity contribution in [3.8, 4) is 5.69 Å². The Morgan fingerprint density at radius 1 is 1.38 bits per heavy atom. The van der Waals surface area contributed by atoms with Crippen LogP contribution in [0.2, 0.25) is 5.02 Å². The van der Waals surface area contributed by atoms with Crippen LogP contribution in [-0.2, 0) is 6.54 Å². The molecule has 2 aromatic heterocycles. The van der Waals surface area contributed by atoms with Crippen LogP contribution in [0.1, 0.15) is 23.3 Å². The van der Waals surface area contributed by atoms with Crippen LogP contribution < -0.4 is 5.32 Å². The average molecular weight is 343 g/mol. The van der Waals surface area contributed by atoms with E-state index in [1.165, 1.54) is 12.8 Å². The summed E-state index contributed by atoms with van der Waals surface area (Å²) in [6.07, 6.45) is 7.60. The monoisotopic (exact) mass is 342 g/mol. The summed E-state index contributed by atoms with van der Waals surface area (Å²) in [4.78, 5) is 12.3. The maximum atomic E-state index is 12.3. The third kappa shape index (κ3) is 3.16. The molecule has 1 fully saturated rings. The molecular weight excluding hydrogens is 328 g/mol. The summed E-state index contributed by atoms with van der Waals surface area (Å²) in [5.74, 6) is 0.371. The summed E-state index contributed by atoms with van der Waals surface area (Å²) in [5, 5.41) is 15.3. The third-order valence-electron chi connectivity index (χ3n) is 3.87. The van der Waals surface area contributed by atoms with Gasteiger partial charge in [0.1, 0.15) is 0 Å². The van der Waals surface area contributed by atoms with Crippen molar-refractivity contribution in [1.82, 2.24) is 24.8 Å². The Balaban J connectivity index is 1.47. The molecule has 8 heteroatoms. The van der Waals surface area contributed by atoms with Gasteiger partial charge in [0.25, 0.3) is 5.91 Å². The molecule has 2 heterocycles. The van der Waals surface area contributed by atoms with E-state index >= 15 is 0 Å². The first-order valence-electron chi connectivity index (χ1n) is 7.70. The predicted molar refractivity (Wildman–Crippen MR) is 89.3 cm³/mol. The molecule has 3 aromatic rings. The van der Waals surface area contributed by atoms with E-state index in [2.05, 4.69) is 20.7 Å². The van der Waals surface area contributed by atoms with Gasteiger partial charge < -0.3 is 5.32 Å². The van der Waals surface area contributed by atoms with Gasteiger partial charge in [-0.05, 0) is 43.0 Å². The first-order chi connectivity index (χ1) is 11.7. The highest BCUT2D eigenvalue weighted by atomic mass is 35.5. The van der Waals surface area contributed by atoms with Crippen LogP contribution in [0.25, 0.3) is 5.69 Å². The largest absolute Gasteiger partial charge is 0.320 e. The van der Waals surface area contributed by atoms with Crippen LogP contribution in [0.5, 0.6) is 0 Å². The lowest BCUT2D eigenvalue weighted by Gasteiger charge is -2.08. The maximum Gasteiger partial charge on any atom is 0.277 e. The molecule has 0 radical (unpaired) electrons. The molecule has 0 unspecified atom stereocenters. The van der Waals surface area contributed by atoms with Crippen LogP contribution >= 0.6 is 11.6 Å². The Bertz CT molecular complexity index is 869. The standard InChI is InChI=1S/C16H15ClN6O/c17-13-8-12(4-5-15(13)23-7-1-6-18-23)19-16(24)14-10-22(21-20-14)9-11-2-3-11/h1,4-8,10-11H,2-3,9H2,(H,19,24). The van der Waals surface area contributed by atoms with E-state index in [0.717, 1.165) is 12.2 Å². The van der Waals surface area contributed by atoms with E-state index in [1.807, 2.05) is 6.07 Å². The molecule has 24 heavy (non-hydrogen) atoms. The van der Waals surface area contributed by atoms with Gasteiger partial charge in [-0.25, -0.2) is 4.68 Å². The van der Waals surface area contributed by atoms with Crippen molar-refractivity contribution in [2.75, 3.05) is 5.32 Å². The fraction of sp³-hybridized carbons (Fsp3) is 0.250. The number of aromatic nitrogens is 5. The zero-order valence-corrected chi connectivity index (χ0v) is 13.5. The summed E-state index contributed by atoms with van der Waals surface area (Å²) in [6.45, 7) is 0.824. The normalized spacial score (nSPS) is 13.9. The van der Waals surface area contributed by atoms with E-state index in [0.29, 0.717) is 22.3 Å². The fourth-order valence-corrected chi connectivity index (χ4v) is 2.70. The number of anilines is 1. The Hall–Kier alpha value is -2.67. The smallest absolute Gasteiger partial charge is 0.277 e. The highest BCUT2D eigenvalue weighted by Crippen LogP contribution is 2.30. The summed E-state index contributed by atoms with van der Waals surface area (Å²) >= 11 is 6.27. The third-order valence-corrected chi connectivity index (χ3v) is 4.17. The average Bonchev–Trinajstić information content (AvgIpc) is 3.02. The minimum absolute atomic E-state index is 0.294. The van der Waals surface area contributed by atoms with Crippen LogP contribution in [0, 0.1) is 5.92 Å². The van der Waals surface area contributed by atoms with Crippen molar-refractivity contribution < 1.29 is 4.79 Å². The number of hydrogen-bond acceptors (Lipinski definition) is 4. The van der Waals surface area contributed by atoms with Crippen LogP contribution in [0.15, 0.2) is 42.9 Å². The molecule has 1 N–H and O–H groups in total. The molecule has 1 aliphatic carbocycles. The topological polar surface area (TPSA) is 77.6 Å². The number of nitrogens with zero attached hydrogens (tertiary/aromatic N) is 5. The number of amides is 1. The summed E-state index contributed by atoms with van der Waals surface area (Å²) < 4.78 is 3.39. The van der Waals surface area contributed by atoms with Crippen molar-refractivity contribution in [2.24, 2.45) is 5.92 Å². The van der Waals surface area contributed by atoms with Gasteiger partial charge in [-0.15, -0.1) is 5.10 Å². The van der Waals surface area contributed by atoms with Crippen molar-refractivity contribution in [3.05, 3.63) is 53.6 Å². The lowest BCUT2D eigenvalue weighted by Crippen LogP contribution is -2.12. The van der Waals surface area contributed by atoms with Crippen molar-refractivity contribution in [1.29, 1.82) is 0 Å². The van der Waals surface area contributed by atoms with Crippen LogP contribution in [0.4, 0.5) is 5.69 Å². The highest BCUT2D eigenvalue weighted by Gasteiger charge is 2.23. The molecule has 0 spiro atoms. The van der Waals surface area contributed by atoms with Crippen molar-refractivity contribution in [3.63, 3.8) is 0 Å². The Morgan fingerprint density at radius 3 is 2.96 bits per heavy atom. The van der Waals surface area contributed by atoms with Gasteiger partial charge in [0.15, 0.2) is 5.69 Å². The number of benzene rings is 1. The summed E-state index contributed by atoms with van der Waals surface area (Å²) in [6, 6.07) is 7.08. The van der Waals surface area contributed by atoms with Gasteiger partial charge in [-0.2, -0.15) is 5.10 Å². The fourth-order valence-electron chi connectivity index (χ4n) is 2.43. The molecule has 0 saturated heterocycles. The van der Waals surface area contributed by atoms with Crippen molar-refractivity contribution >= 4 is 23.2 Å². The predicted octanol–water partition coefficient (Wildman–Crippen LogP) is 2.78. The first-order valence-corrected chi connectivity index (χ1v) is 8.08. The molecule has 122 valence electrons. The maximum absolute atomic E-state index is 12.3. The lowest BCUT2D eigenvalue weighted by atomic mass is 10.2. The van der Waals surface area contributed by atoms with Gasteiger partial charge in [0.2, 0.25) is 0 Å². The van der Waals surface area contributed by atoms with Gasteiger partial charge in [0.05, 0.1) is 16.9 Å².